The van der Waals surface area contributed by atoms with Gasteiger partial charge >= 0.3 is 5.97 Å². The maximum Gasteiger partial charge on any atom is 0.357 e. The summed E-state index contributed by atoms with van der Waals surface area (Å²) in [5, 5.41) is 3.43. The van der Waals surface area contributed by atoms with Gasteiger partial charge in [-0.15, -0.1) is 0 Å². The van der Waals surface area contributed by atoms with Crippen molar-refractivity contribution in [2.24, 2.45) is 0 Å². The number of ether oxygens (including phenoxy) is 1. The number of hydrogen-bond acceptors (Lipinski definition) is 4. The van der Waals surface area contributed by atoms with Gasteiger partial charge in [0.2, 0.25) is 0 Å². The Labute approximate surface area is 168 Å². The molecule has 0 aliphatic heterocycles. The Morgan fingerprint density at radius 1 is 1.11 bits per heavy atom. The number of anilines is 1. The van der Waals surface area contributed by atoms with Crippen molar-refractivity contribution in [2.45, 2.75) is 77.9 Å². The van der Waals surface area contributed by atoms with Crippen molar-refractivity contribution in [2.75, 3.05) is 5.32 Å². The SMILES string of the molecule is CC(C)(C)OC(=O)c1ccc(NCc2cc(C3CC3)cc(C(C)(C)C)c2)cn1. The van der Waals surface area contributed by atoms with Crippen molar-refractivity contribution in [3.63, 3.8) is 0 Å². The molecule has 0 saturated heterocycles. The maximum absolute atomic E-state index is 12.1. The molecule has 1 aromatic heterocycles. The zero-order valence-electron chi connectivity index (χ0n) is 17.9. The second kappa shape index (κ2) is 7.57. The minimum Gasteiger partial charge on any atom is -0.455 e. The summed E-state index contributed by atoms with van der Waals surface area (Å²) in [5.41, 5.74) is 4.96. The van der Waals surface area contributed by atoms with Crippen LogP contribution in [0.15, 0.2) is 36.5 Å². The average Bonchev–Trinajstić information content (AvgIpc) is 3.43. The van der Waals surface area contributed by atoms with Crippen molar-refractivity contribution in [1.29, 1.82) is 0 Å². The lowest BCUT2D eigenvalue weighted by Crippen LogP contribution is -2.24. The van der Waals surface area contributed by atoms with E-state index in [4.69, 9.17) is 4.74 Å². The maximum atomic E-state index is 12.1. The van der Waals surface area contributed by atoms with Crippen LogP contribution in [0.2, 0.25) is 0 Å². The second-order valence-electron chi connectivity index (χ2n) is 9.78. The molecule has 1 saturated carbocycles. The number of pyridine rings is 1. The molecule has 1 aliphatic rings. The van der Waals surface area contributed by atoms with Crippen molar-refractivity contribution < 1.29 is 9.53 Å². The fourth-order valence-corrected chi connectivity index (χ4v) is 3.06. The standard InChI is InChI=1S/C24H32N2O2/c1-23(2,3)19-12-16(11-18(13-19)17-7-8-17)14-25-20-9-10-21(26-15-20)22(27)28-24(4,5)6/h9-13,15,17,25H,7-8,14H2,1-6H3. The Bertz CT molecular complexity index is 838. The fraction of sp³-hybridized carbons (Fsp3) is 0.500. The number of nitrogens with one attached hydrogen (secondary N) is 1. The average molecular weight is 381 g/mol. The highest BCUT2D eigenvalue weighted by molar-refractivity contribution is 5.87. The smallest absolute Gasteiger partial charge is 0.357 e. The van der Waals surface area contributed by atoms with E-state index in [-0.39, 0.29) is 5.41 Å². The fourth-order valence-electron chi connectivity index (χ4n) is 3.06. The molecular weight excluding hydrogens is 348 g/mol. The van der Waals surface area contributed by atoms with Gasteiger partial charge in [-0.25, -0.2) is 9.78 Å². The molecule has 0 unspecified atom stereocenters. The second-order valence-corrected chi connectivity index (χ2v) is 9.78. The van der Waals surface area contributed by atoms with Crippen LogP contribution in [0.4, 0.5) is 5.69 Å². The number of esters is 1. The summed E-state index contributed by atoms with van der Waals surface area (Å²) < 4.78 is 5.36. The van der Waals surface area contributed by atoms with Crippen LogP contribution in [-0.4, -0.2) is 16.6 Å². The van der Waals surface area contributed by atoms with Gasteiger partial charge in [-0.2, -0.15) is 0 Å². The van der Waals surface area contributed by atoms with Gasteiger partial charge in [-0.05, 0) is 73.8 Å². The number of benzene rings is 1. The third-order valence-corrected chi connectivity index (χ3v) is 4.80. The predicted octanol–water partition coefficient (Wildman–Crippen LogP) is 5.82. The lowest BCUT2D eigenvalue weighted by Gasteiger charge is -2.22. The quantitative estimate of drug-likeness (QED) is 0.664. The molecule has 1 aromatic carbocycles. The van der Waals surface area contributed by atoms with Gasteiger partial charge < -0.3 is 10.1 Å². The predicted molar refractivity (Wildman–Crippen MR) is 114 cm³/mol. The molecular formula is C24H32N2O2. The summed E-state index contributed by atoms with van der Waals surface area (Å²) in [7, 11) is 0. The normalized spacial score (nSPS) is 14.6. The van der Waals surface area contributed by atoms with E-state index in [0.717, 1.165) is 18.2 Å². The molecule has 0 radical (unpaired) electrons. The summed E-state index contributed by atoms with van der Waals surface area (Å²) in [4.78, 5) is 16.3. The van der Waals surface area contributed by atoms with Crippen LogP contribution in [0.25, 0.3) is 0 Å². The van der Waals surface area contributed by atoms with Gasteiger partial charge in [0.15, 0.2) is 0 Å². The van der Waals surface area contributed by atoms with E-state index in [1.807, 2.05) is 26.8 Å². The molecule has 1 fully saturated rings. The van der Waals surface area contributed by atoms with Crippen molar-refractivity contribution in [3.05, 3.63) is 58.9 Å². The van der Waals surface area contributed by atoms with E-state index < -0.39 is 11.6 Å². The summed E-state index contributed by atoms with van der Waals surface area (Å²) in [6.45, 7) is 13.1. The number of rotatable bonds is 5. The molecule has 0 spiro atoms. The van der Waals surface area contributed by atoms with Gasteiger partial charge in [-0.3, -0.25) is 0 Å². The van der Waals surface area contributed by atoms with Gasteiger partial charge in [0, 0.05) is 6.54 Å². The molecule has 1 N–H and O–H groups in total. The molecule has 1 aliphatic carbocycles. The molecule has 150 valence electrons. The monoisotopic (exact) mass is 380 g/mol. The van der Waals surface area contributed by atoms with E-state index in [1.165, 1.54) is 29.5 Å². The summed E-state index contributed by atoms with van der Waals surface area (Å²) in [6.07, 6.45) is 4.29. The minimum absolute atomic E-state index is 0.135. The van der Waals surface area contributed by atoms with E-state index in [9.17, 15) is 4.79 Å². The van der Waals surface area contributed by atoms with Crippen LogP contribution in [-0.2, 0) is 16.7 Å². The molecule has 2 aromatic rings. The Balaban J connectivity index is 1.68. The summed E-state index contributed by atoms with van der Waals surface area (Å²) in [6, 6.07) is 10.6. The zero-order valence-corrected chi connectivity index (χ0v) is 17.9. The highest BCUT2D eigenvalue weighted by Gasteiger charge is 2.26. The summed E-state index contributed by atoms with van der Waals surface area (Å²) in [5.74, 6) is 0.335. The van der Waals surface area contributed by atoms with Gasteiger partial charge in [0.25, 0.3) is 0 Å². The van der Waals surface area contributed by atoms with Gasteiger partial charge in [-0.1, -0.05) is 39.0 Å². The lowest BCUT2D eigenvalue weighted by molar-refractivity contribution is 0.00629. The van der Waals surface area contributed by atoms with Crippen LogP contribution >= 0.6 is 0 Å². The Kier molecular flexibility index (Phi) is 5.51. The first kappa shape index (κ1) is 20.4. The molecule has 28 heavy (non-hydrogen) atoms. The highest BCUT2D eigenvalue weighted by atomic mass is 16.6. The topological polar surface area (TPSA) is 51.2 Å². The molecule has 0 bridgehead atoms. The number of aromatic nitrogens is 1. The molecule has 4 nitrogen and oxygen atoms in total. The third kappa shape index (κ3) is 5.57. The molecule has 4 heteroatoms. The first-order valence-electron chi connectivity index (χ1n) is 10.1. The Hall–Kier alpha value is -2.36. The largest absolute Gasteiger partial charge is 0.455 e. The van der Waals surface area contributed by atoms with Crippen LogP contribution < -0.4 is 5.32 Å². The third-order valence-electron chi connectivity index (χ3n) is 4.80. The number of carbonyl (C=O) groups excluding carboxylic acids is 1. The van der Waals surface area contributed by atoms with E-state index >= 15 is 0 Å². The molecule has 1 heterocycles. The van der Waals surface area contributed by atoms with Crippen LogP contribution in [0.1, 0.15) is 87.5 Å². The van der Waals surface area contributed by atoms with Crippen LogP contribution in [0.3, 0.4) is 0 Å². The highest BCUT2D eigenvalue weighted by Crippen LogP contribution is 2.41. The van der Waals surface area contributed by atoms with E-state index in [2.05, 4.69) is 49.3 Å². The number of nitrogens with zero attached hydrogens (tertiary/aromatic N) is 1. The van der Waals surface area contributed by atoms with E-state index in [1.54, 1.807) is 12.3 Å². The molecule has 0 amide bonds. The molecule has 3 rings (SSSR count). The van der Waals surface area contributed by atoms with E-state index in [0.29, 0.717) is 5.69 Å². The first-order chi connectivity index (χ1) is 13.0. The van der Waals surface area contributed by atoms with Crippen LogP contribution in [0, 0.1) is 0 Å². The zero-order chi connectivity index (χ0) is 20.5. The number of hydrogen-bond donors (Lipinski definition) is 1. The Morgan fingerprint density at radius 2 is 1.82 bits per heavy atom. The van der Waals surface area contributed by atoms with Crippen LogP contribution in [0.5, 0.6) is 0 Å². The minimum atomic E-state index is -0.521. The first-order valence-corrected chi connectivity index (χ1v) is 10.1. The Morgan fingerprint density at radius 3 is 2.36 bits per heavy atom. The lowest BCUT2D eigenvalue weighted by atomic mass is 9.84. The van der Waals surface area contributed by atoms with Gasteiger partial charge in [0.05, 0.1) is 11.9 Å². The summed E-state index contributed by atoms with van der Waals surface area (Å²) >= 11 is 0. The van der Waals surface area contributed by atoms with Crippen molar-refractivity contribution >= 4 is 11.7 Å². The van der Waals surface area contributed by atoms with Crippen molar-refractivity contribution in [1.82, 2.24) is 4.98 Å². The molecule has 0 atom stereocenters. The van der Waals surface area contributed by atoms with Crippen molar-refractivity contribution in [3.8, 4) is 0 Å². The van der Waals surface area contributed by atoms with Gasteiger partial charge in [0.1, 0.15) is 11.3 Å². The number of carbonyl (C=O) groups is 1.